The average Bonchev–Trinajstić information content (AvgIpc) is 2.37. The molecule has 0 aliphatic rings. The van der Waals surface area contributed by atoms with Crippen molar-refractivity contribution in [1.29, 1.82) is 0 Å². The molecule has 3 N–H and O–H groups in total. The van der Waals surface area contributed by atoms with Gasteiger partial charge in [0.05, 0.1) is 19.8 Å². The second-order valence-corrected chi connectivity index (χ2v) is 5.13. The van der Waals surface area contributed by atoms with Crippen molar-refractivity contribution in [3.63, 3.8) is 0 Å². The number of aliphatic hydroxyl groups is 3. The van der Waals surface area contributed by atoms with Crippen LogP contribution in [-0.2, 0) is 0 Å². The first kappa shape index (κ1) is 17.1. The molecule has 0 rings (SSSR count). The van der Waals surface area contributed by atoms with E-state index in [-0.39, 0.29) is 25.2 Å². The molecule has 0 bridgehead atoms. The number of aliphatic hydroxyl groups excluding tert-OH is 3. The van der Waals surface area contributed by atoms with E-state index < -0.39 is 5.41 Å². The fourth-order valence-electron chi connectivity index (χ4n) is 2.50. The van der Waals surface area contributed by atoms with Crippen molar-refractivity contribution >= 4 is 0 Å². The number of hydrogen-bond donors (Lipinski definition) is 3. The molecule has 0 aliphatic carbocycles. The molecule has 0 aromatic rings. The van der Waals surface area contributed by atoms with Crippen LogP contribution in [-0.4, -0.2) is 35.1 Å². The van der Waals surface area contributed by atoms with Gasteiger partial charge in [0.15, 0.2) is 0 Å². The van der Waals surface area contributed by atoms with Gasteiger partial charge in [-0.05, 0) is 31.1 Å². The van der Waals surface area contributed by atoms with Gasteiger partial charge in [0.1, 0.15) is 0 Å². The second kappa shape index (κ2) is 8.25. The largest absolute Gasteiger partial charge is 0.396 e. The van der Waals surface area contributed by atoms with Crippen LogP contribution in [0, 0.1) is 10.8 Å². The van der Waals surface area contributed by atoms with Crippen LogP contribution in [0.2, 0.25) is 0 Å². The van der Waals surface area contributed by atoms with Gasteiger partial charge >= 0.3 is 0 Å². The standard InChI is InChI=1S/C15H26O3/c1-4-7-14(8-5-2,9-6-3)10-15(11-16,12-17)13-18/h4-6,16-18H,1-3,7-13H2. The Hall–Kier alpha value is -0.900. The van der Waals surface area contributed by atoms with Crippen LogP contribution < -0.4 is 0 Å². The maximum absolute atomic E-state index is 9.45. The fourth-order valence-corrected chi connectivity index (χ4v) is 2.50. The van der Waals surface area contributed by atoms with Crippen molar-refractivity contribution in [2.75, 3.05) is 19.8 Å². The topological polar surface area (TPSA) is 60.7 Å². The molecule has 0 aromatic carbocycles. The minimum atomic E-state index is -0.866. The highest BCUT2D eigenvalue weighted by Crippen LogP contribution is 2.43. The number of hydrogen-bond acceptors (Lipinski definition) is 3. The molecular weight excluding hydrogens is 228 g/mol. The molecule has 0 amide bonds. The highest BCUT2D eigenvalue weighted by atomic mass is 16.3. The Morgan fingerprint density at radius 3 is 1.22 bits per heavy atom. The van der Waals surface area contributed by atoms with Crippen LogP contribution in [0.4, 0.5) is 0 Å². The highest BCUT2D eigenvalue weighted by molar-refractivity contribution is 4.99. The van der Waals surface area contributed by atoms with Gasteiger partial charge in [0, 0.05) is 5.41 Å². The molecule has 0 aliphatic heterocycles. The highest BCUT2D eigenvalue weighted by Gasteiger charge is 2.38. The van der Waals surface area contributed by atoms with Gasteiger partial charge in [-0.3, -0.25) is 0 Å². The second-order valence-electron chi connectivity index (χ2n) is 5.13. The van der Waals surface area contributed by atoms with Gasteiger partial charge in [-0.25, -0.2) is 0 Å². The molecular formula is C15H26O3. The molecule has 0 heterocycles. The minimum Gasteiger partial charge on any atom is -0.396 e. The Morgan fingerprint density at radius 1 is 0.667 bits per heavy atom. The first-order valence-corrected chi connectivity index (χ1v) is 6.23. The molecule has 0 unspecified atom stereocenters. The molecule has 104 valence electrons. The van der Waals surface area contributed by atoms with Gasteiger partial charge in [0.2, 0.25) is 0 Å². The predicted octanol–water partition coefficient (Wildman–Crippen LogP) is 2.05. The summed E-state index contributed by atoms with van der Waals surface area (Å²) in [5.41, 5.74) is -1.06. The van der Waals surface area contributed by atoms with E-state index in [1.807, 2.05) is 18.2 Å². The summed E-state index contributed by atoms with van der Waals surface area (Å²) in [6.45, 7) is 10.6. The Balaban J connectivity index is 5.20. The lowest BCUT2D eigenvalue weighted by molar-refractivity contribution is -0.0304. The summed E-state index contributed by atoms with van der Waals surface area (Å²) in [5, 5.41) is 28.3. The molecule has 0 saturated carbocycles. The van der Waals surface area contributed by atoms with Gasteiger partial charge in [-0.15, -0.1) is 19.7 Å². The third kappa shape index (κ3) is 4.41. The van der Waals surface area contributed by atoms with Crippen molar-refractivity contribution in [3.05, 3.63) is 38.0 Å². The zero-order valence-corrected chi connectivity index (χ0v) is 11.1. The fraction of sp³-hybridized carbons (Fsp3) is 0.600. The summed E-state index contributed by atoms with van der Waals surface area (Å²) in [6.07, 6.45) is 8.16. The number of rotatable bonds is 11. The van der Waals surface area contributed by atoms with Crippen molar-refractivity contribution in [1.82, 2.24) is 0 Å². The van der Waals surface area contributed by atoms with Crippen molar-refractivity contribution < 1.29 is 15.3 Å². The van der Waals surface area contributed by atoms with E-state index in [0.29, 0.717) is 6.42 Å². The van der Waals surface area contributed by atoms with E-state index in [0.717, 1.165) is 19.3 Å². The quantitative estimate of drug-likeness (QED) is 0.495. The predicted molar refractivity (Wildman–Crippen MR) is 75.2 cm³/mol. The molecule has 0 radical (unpaired) electrons. The van der Waals surface area contributed by atoms with Gasteiger partial charge in [-0.2, -0.15) is 0 Å². The van der Waals surface area contributed by atoms with Crippen molar-refractivity contribution in [2.24, 2.45) is 10.8 Å². The van der Waals surface area contributed by atoms with Crippen molar-refractivity contribution in [3.8, 4) is 0 Å². The molecule has 0 saturated heterocycles. The third-order valence-electron chi connectivity index (χ3n) is 3.49. The Kier molecular flexibility index (Phi) is 7.83. The normalized spacial score (nSPS) is 12.2. The van der Waals surface area contributed by atoms with Crippen LogP contribution >= 0.6 is 0 Å². The molecule has 3 nitrogen and oxygen atoms in total. The van der Waals surface area contributed by atoms with Crippen molar-refractivity contribution in [2.45, 2.75) is 25.7 Å². The SMILES string of the molecule is C=CCC(CC=C)(CC=C)CC(CO)(CO)CO. The lowest BCUT2D eigenvalue weighted by Gasteiger charge is -2.40. The molecule has 0 atom stereocenters. The van der Waals surface area contributed by atoms with Gasteiger partial charge in [0.25, 0.3) is 0 Å². The smallest absolute Gasteiger partial charge is 0.0531 e. The van der Waals surface area contributed by atoms with E-state index in [4.69, 9.17) is 0 Å². The lowest BCUT2D eigenvalue weighted by Crippen LogP contribution is -2.40. The van der Waals surface area contributed by atoms with E-state index >= 15 is 0 Å². The Labute approximate surface area is 110 Å². The summed E-state index contributed by atoms with van der Waals surface area (Å²) in [5.74, 6) is 0. The van der Waals surface area contributed by atoms with Crippen LogP contribution in [0.25, 0.3) is 0 Å². The Morgan fingerprint density at radius 2 is 1.00 bits per heavy atom. The van der Waals surface area contributed by atoms with Gasteiger partial charge < -0.3 is 15.3 Å². The lowest BCUT2D eigenvalue weighted by atomic mass is 9.66. The summed E-state index contributed by atoms with van der Waals surface area (Å²) in [6, 6.07) is 0. The maximum Gasteiger partial charge on any atom is 0.0531 e. The molecule has 0 fully saturated rings. The third-order valence-corrected chi connectivity index (χ3v) is 3.49. The van der Waals surface area contributed by atoms with Crippen LogP contribution in [0.15, 0.2) is 38.0 Å². The van der Waals surface area contributed by atoms with E-state index in [1.54, 1.807) is 0 Å². The van der Waals surface area contributed by atoms with Crippen LogP contribution in [0.5, 0.6) is 0 Å². The summed E-state index contributed by atoms with van der Waals surface area (Å²) >= 11 is 0. The first-order chi connectivity index (χ1) is 8.57. The minimum absolute atomic E-state index is 0.195. The van der Waals surface area contributed by atoms with Crippen LogP contribution in [0.1, 0.15) is 25.7 Å². The molecule has 18 heavy (non-hydrogen) atoms. The average molecular weight is 254 g/mol. The first-order valence-electron chi connectivity index (χ1n) is 6.23. The number of allylic oxidation sites excluding steroid dienone is 3. The Bertz CT molecular complexity index is 232. The van der Waals surface area contributed by atoms with E-state index in [9.17, 15) is 15.3 Å². The zero-order chi connectivity index (χ0) is 14.1. The molecule has 0 aromatic heterocycles. The van der Waals surface area contributed by atoms with E-state index in [1.165, 1.54) is 0 Å². The maximum atomic E-state index is 9.45. The zero-order valence-electron chi connectivity index (χ0n) is 11.1. The molecule has 0 spiro atoms. The summed E-state index contributed by atoms with van der Waals surface area (Å²) in [7, 11) is 0. The summed E-state index contributed by atoms with van der Waals surface area (Å²) < 4.78 is 0. The van der Waals surface area contributed by atoms with E-state index in [2.05, 4.69) is 19.7 Å². The van der Waals surface area contributed by atoms with Crippen LogP contribution in [0.3, 0.4) is 0 Å². The van der Waals surface area contributed by atoms with Gasteiger partial charge in [-0.1, -0.05) is 18.2 Å². The molecule has 3 heteroatoms. The monoisotopic (exact) mass is 254 g/mol. The summed E-state index contributed by atoms with van der Waals surface area (Å²) in [4.78, 5) is 0.